The Morgan fingerprint density at radius 2 is 2.31 bits per heavy atom. The van der Waals surface area contributed by atoms with Crippen molar-refractivity contribution in [2.75, 3.05) is 5.32 Å². The van der Waals surface area contributed by atoms with Gasteiger partial charge in [-0.3, -0.25) is 9.48 Å². The number of hydrogen-bond acceptors (Lipinski definition) is 4. The Kier molecular flexibility index (Phi) is 2.74. The van der Waals surface area contributed by atoms with Gasteiger partial charge in [0, 0.05) is 25.7 Å². The maximum atomic E-state index is 10.9. The fraction of sp³-hybridized carbons (Fsp3) is 0.300. The molecule has 0 aliphatic heterocycles. The van der Waals surface area contributed by atoms with Gasteiger partial charge in [-0.05, 0) is 6.92 Å². The van der Waals surface area contributed by atoms with E-state index < -0.39 is 0 Å². The molecule has 0 radical (unpaired) electrons. The van der Waals surface area contributed by atoms with Gasteiger partial charge in [-0.15, -0.1) is 0 Å². The highest BCUT2D eigenvalue weighted by atomic mass is 32.1. The SMILES string of the molecule is CC(=O)Nc1nc(C)c(-c2cnn(C)c2)s1. The molecule has 2 aromatic rings. The van der Waals surface area contributed by atoms with E-state index in [9.17, 15) is 4.79 Å². The molecule has 0 aliphatic carbocycles. The summed E-state index contributed by atoms with van der Waals surface area (Å²) in [5.74, 6) is -0.105. The lowest BCUT2D eigenvalue weighted by molar-refractivity contribution is -0.114. The number of thiazole rings is 1. The number of nitrogens with zero attached hydrogens (tertiary/aromatic N) is 3. The number of anilines is 1. The van der Waals surface area contributed by atoms with Crippen molar-refractivity contribution in [2.24, 2.45) is 7.05 Å². The molecule has 1 amide bonds. The second kappa shape index (κ2) is 4.05. The van der Waals surface area contributed by atoms with Crippen molar-refractivity contribution in [2.45, 2.75) is 13.8 Å². The molecule has 0 atom stereocenters. The van der Waals surface area contributed by atoms with Gasteiger partial charge in [0.15, 0.2) is 5.13 Å². The van der Waals surface area contributed by atoms with Crippen LogP contribution in [-0.4, -0.2) is 20.7 Å². The van der Waals surface area contributed by atoms with E-state index in [1.54, 1.807) is 10.9 Å². The maximum absolute atomic E-state index is 10.9. The predicted molar refractivity (Wildman–Crippen MR) is 63.4 cm³/mol. The van der Waals surface area contributed by atoms with Crippen LogP contribution in [0.25, 0.3) is 10.4 Å². The van der Waals surface area contributed by atoms with Crippen LogP contribution in [0, 0.1) is 6.92 Å². The monoisotopic (exact) mass is 236 g/mol. The summed E-state index contributed by atoms with van der Waals surface area (Å²) in [6.07, 6.45) is 3.72. The third-order valence-electron chi connectivity index (χ3n) is 2.05. The third-order valence-corrected chi connectivity index (χ3v) is 3.17. The van der Waals surface area contributed by atoms with E-state index >= 15 is 0 Å². The lowest BCUT2D eigenvalue weighted by atomic mass is 10.2. The highest BCUT2D eigenvalue weighted by Gasteiger charge is 2.11. The second-order valence-electron chi connectivity index (χ2n) is 3.52. The minimum Gasteiger partial charge on any atom is -0.302 e. The Morgan fingerprint density at radius 1 is 1.56 bits per heavy atom. The smallest absolute Gasteiger partial charge is 0.223 e. The van der Waals surface area contributed by atoms with Gasteiger partial charge in [0.2, 0.25) is 5.91 Å². The van der Waals surface area contributed by atoms with Gasteiger partial charge in [0.05, 0.1) is 16.8 Å². The van der Waals surface area contributed by atoms with Crippen molar-refractivity contribution in [3.8, 4) is 10.4 Å². The van der Waals surface area contributed by atoms with E-state index in [0.29, 0.717) is 5.13 Å². The number of amides is 1. The van der Waals surface area contributed by atoms with Gasteiger partial charge in [-0.25, -0.2) is 4.98 Å². The van der Waals surface area contributed by atoms with Crippen LogP contribution >= 0.6 is 11.3 Å². The highest BCUT2D eigenvalue weighted by molar-refractivity contribution is 7.19. The topological polar surface area (TPSA) is 59.8 Å². The van der Waals surface area contributed by atoms with Gasteiger partial charge >= 0.3 is 0 Å². The summed E-state index contributed by atoms with van der Waals surface area (Å²) in [7, 11) is 1.87. The van der Waals surface area contributed by atoms with Crippen LogP contribution in [0.2, 0.25) is 0 Å². The number of carbonyl (C=O) groups excluding carboxylic acids is 1. The Bertz CT molecular complexity index is 529. The van der Waals surface area contributed by atoms with Crippen molar-refractivity contribution in [1.29, 1.82) is 0 Å². The first kappa shape index (κ1) is 10.8. The first-order chi connectivity index (χ1) is 7.56. The highest BCUT2D eigenvalue weighted by Crippen LogP contribution is 2.32. The van der Waals surface area contributed by atoms with E-state index in [4.69, 9.17) is 0 Å². The molecule has 1 N–H and O–H groups in total. The Balaban J connectivity index is 2.35. The fourth-order valence-corrected chi connectivity index (χ4v) is 2.39. The minimum atomic E-state index is -0.105. The van der Waals surface area contributed by atoms with Crippen molar-refractivity contribution in [3.05, 3.63) is 18.1 Å². The van der Waals surface area contributed by atoms with Crippen LogP contribution in [0.3, 0.4) is 0 Å². The zero-order chi connectivity index (χ0) is 11.7. The lowest BCUT2D eigenvalue weighted by Crippen LogP contribution is -2.04. The number of rotatable bonds is 2. The number of carbonyl (C=O) groups is 1. The quantitative estimate of drug-likeness (QED) is 0.865. The molecule has 84 valence electrons. The van der Waals surface area contributed by atoms with Crippen LogP contribution in [0.5, 0.6) is 0 Å². The van der Waals surface area contributed by atoms with E-state index in [-0.39, 0.29) is 5.91 Å². The van der Waals surface area contributed by atoms with Crippen molar-refractivity contribution >= 4 is 22.4 Å². The molecule has 0 aliphatic rings. The van der Waals surface area contributed by atoms with E-state index in [1.807, 2.05) is 20.2 Å². The van der Waals surface area contributed by atoms with Crippen LogP contribution < -0.4 is 5.32 Å². The summed E-state index contributed by atoms with van der Waals surface area (Å²) >= 11 is 1.46. The number of hydrogen-bond donors (Lipinski definition) is 1. The molecule has 0 unspecified atom stereocenters. The maximum Gasteiger partial charge on any atom is 0.223 e. The number of nitrogens with one attached hydrogen (secondary N) is 1. The summed E-state index contributed by atoms with van der Waals surface area (Å²) in [4.78, 5) is 16.2. The first-order valence-corrected chi connectivity index (χ1v) is 5.62. The van der Waals surface area contributed by atoms with E-state index in [0.717, 1.165) is 16.1 Å². The largest absolute Gasteiger partial charge is 0.302 e. The van der Waals surface area contributed by atoms with Gasteiger partial charge < -0.3 is 5.32 Å². The Morgan fingerprint density at radius 3 is 2.88 bits per heavy atom. The Labute approximate surface area is 97.1 Å². The fourth-order valence-electron chi connectivity index (χ4n) is 1.41. The van der Waals surface area contributed by atoms with Gasteiger partial charge in [0.25, 0.3) is 0 Å². The lowest BCUT2D eigenvalue weighted by Gasteiger charge is -1.92. The molecule has 0 saturated carbocycles. The average Bonchev–Trinajstić information content (AvgIpc) is 2.72. The summed E-state index contributed by atoms with van der Waals surface area (Å²) in [5, 5.41) is 7.42. The predicted octanol–water partition coefficient (Wildman–Crippen LogP) is 1.81. The second-order valence-corrected chi connectivity index (χ2v) is 4.52. The molecular formula is C10H12N4OS. The summed E-state index contributed by atoms with van der Waals surface area (Å²) in [6, 6.07) is 0. The van der Waals surface area contributed by atoms with Crippen LogP contribution in [0.1, 0.15) is 12.6 Å². The van der Waals surface area contributed by atoms with Gasteiger partial charge in [0.1, 0.15) is 0 Å². The van der Waals surface area contributed by atoms with Gasteiger partial charge in [-0.1, -0.05) is 11.3 Å². The number of aromatic nitrogens is 3. The molecule has 6 heteroatoms. The molecule has 16 heavy (non-hydrogen) atoms. The van der Waals surface area contributed by atoms with Crippen molar-refractivity contribution in [3.63, 3.8) is 0 Å². The van der Waals surface area contributed by atoms with E-state index in [2.05, 4.69) is 15.4 Å². The van der Waals surface area contributed by atoms with Crippen LogP contribution in [0.4, 0.5) is 5.13 Å². The summed E-state index contributed by atoms with van der Waals surface area (Å²) in [6.45, 7) is 3.39. The first-order valence-electron chi connectivity index (χ1n) is 4.80. The molecule has 0 aromatic carbocycles. The number of aryl methyl sites for hydroxylation is 2. The average molecular weight is 236 g/mol. The summed E-state index contributed by atoms with van der Waals surface area (Å²) in [5.41, 5.74) is 1.93. The molecule has 2 aromatic heterocycles. The molecule has 0 spiro atoms. The molecule has 2 heterocycles. The van der Waals surface area contributed by atoms with Crippen molar-refractivity contribution < 1.29 is 4.79 Å². The zero-order valence-electron chi connectivity index (χ0n) is 9.31. The summed E-state index contributed by atoms with van der Waals surface area (Å²) < 4.78 is 1.74. The minimum absolute atomic E-state index is 0.105. The molecule has 5 nitrogen and oxygen atoms in total. The van der Waals surface area contributed by atoms with Crippen LogP contribution in [0.15, 0.2) is 12.4 Å². The molecular weight excluding hydrogens is 224 g/mol. The van der Waals surface area contributed by atoms with Crippen LogP contribution in [-0.2, 0) is 11.8 Å². The Hall–Kier alpha value is -1.69. The molecule has 0 bridgehead atoms. The van der Waals surface area contributed by atoms with Crippen molar-refractivity contribution in [1.82, 2.24) is 14.8 Å². The van der Waals surface area contributed by atoms with Gasteiger partial charge in [-0.2, -0.15) is 5.10 Å². The van der Waals surface area contributed by atoms with E-state index in [1.165, 1.54) is 18.3 Å². The normalized spacial score (nSPS) is 10.4. The molecule has 2 rings (SSSR count). The third kappa shape index (κ3) is 2.11. The molecule has 0 fully saturated rings. The standard InChI is InChI=1S/C10H12N4OS/c1-6-9(8-4-11-14(3)5-8)16-10(12-6)13-7(2)15/h4-5H,1-3H3,(H,12,13,15). The molecule has 0 saturated heterocycles. The zero-order valence-corrected chi connectivity index (χ0v) is 10.1.